The molecule has 4 nitrogen and oxygen atoms in total. The SMILES string of the molecule is O=C(NC1(CO)CCCCC1)c1ccc(CSC(F)F)o1. The van der Waals surface area contributed by atoms with Crippen LogP contribution in [0.4, 0.5) is 8.78 Å². The zero-order chi connectivity index (χ0) is 15.3. The molecule has 0 bridgehead atoms. The van der Waals surface area contributed by atoms with Crippen LogP contribution in [0.2, 0.25) is 0 Å². The maximum atomic E-state index is 12.2. The molecule has 0 saturated heterocycles. The van der Waals surface area contributed by atoms with Crippen LogP contribution in [-0.2, 0) is 5.75 Å². The fourth-order valence-corrected chi connectivity index (χ4v) is 3.02. The molecule has 0 aliphatic heterocycles. The highest BCUT2D eigenvalue weighted by molar-refractivity contribution is 7.98. The lowest BCUT2D eigenvalue weighted by atomic mass is 9.82. The summed E-state index contributed by atoms with van der Waals surface area (Å²) in [6, 6.07) is 3.00. The number of hydrogen-bond donors (Lipinski definition) is 2. The van der Waals surface area contributed by atoms with Gasteiger partial charge in [-0.2, -0.15) is 8.78 Å². The normalized spacial score (nSPS) is 17.9. The minimum Gasteiger partial charge on any atom is -0.455 e. The summed E-state index contributed by atoms with van der Waals surface area (Å²) >= 11 is 0.450. The number of aliphatic hydroxyl groups is 1. The number of hydrogen-bond acceptors (Lipinski definition) is 4. The van der Waals surface area contributed by atoms with Crippen LogP contribution in [0.1, 0.15) is 48.4 Å². The molecule has 118 valence electrons. The molecule has 1 saturated carbocycles. The van der Waals surface area contributed by atoms with Gasteiger partial charge in [-0.1, -0.05) is 31.0 Å². The average molecular weight is 319 g/mol. The first-order valence-electron chi connectivity index (χ1n) is 6.96. The molecule has 0 atom stereocenters. The second-order valence-electron chi connectivity index (χ2n) is 5.29. The lowest BCUT2D eigenvalue weighted by Gasteiger charge is -2.36. The van der Waals surface area contributed by atoms with Gasteiger partial charge in [0.25, 0.3) is 11.7 Å². The van der Waals surface area contributed by atoms with Crippen LogP contribution in [0, 0.1) is 0 Å². The minimum absolute atomic E-state index is 0.0239. The number of rotatable bonds is 6. The number of thioether (sulfide) groups is 1. The number of alkyl halides is 2. The molecular formula is C14H19F2NO3S. The molecule has 0 aromatic carbocycles. The zero-order valence-electron chi connectivity index (χ0n) is 11.6. The van der Waals surface area contributed by atoms with Gasteiger partial charge in [-0.15, -0.1) is 0 Å². The first-order chi connectivity index (χ1) is 10.0. The molecule has 1 amide bonds. The van der Waals surface area contributed by atoms with Gasteiger partial charge in [-0.25, -0.2) is 0 Å². The van der Waals surface area contributed by atoms with Crippen molar-refractivity contribution >= 4 is 17.7 Å². The molecule has 1 aliphatic carbocycles. The van der Waals surface area contributed by atoms with Crippen LogP contribution in [0.15, 0.2) is 16.5 Å². The van der Waals surface area contributed by atoms with E-state index in [1.54, 1.807) is 0 Å². The molecule has 0 unspecified atom stereocenters. The highest BCUT2D eigenvalue weighted by Crippen LogP contribution is 2.28. The third kappa shape index (κ3) is 4.44. The lowest BCUT2D eigenvalue weighted by Crippen LogP contribution is -2.52. The molecule has 2 N–H and O–H groups in total. The van der Waals surface area contributed by atoms with E-state index < -0.39 is 17.2 Å². The predicted octanol–water partition coefficient (Wildman–Crippen LogP) is 3.16. The second kappa shape index (κ2) is 7.26. The number of amides is 1. The first kappa shape index (κ1) is 16.3. The van der Waals surface area contributed by atoms with Crippen molar-refractivity contribution in [2.75, 3.05) is 6.61 Å². The Labute approximate surface area is 126 Å². The Morgan fingerprint density at radius 2 is 2.10 bits per heavy atom. The van der Waals surface area contributed by atoms with Crippen LogP contribution in [0.25, 0.3) is 0 Å². The van der Waals surface area contributed by atoms with Gasteiger partial charge in [-0.05, 0) is 25.0 Å². The van der Waals surface area contributed by atoms with Crippen LogP contribution < -0.4 is 5.32 Å². The van der Waals surface area contributed by atoms with Crippen molar-refractivity contribution in [1.82, 2.24) is 5.32 Å². The Morgan fingerprint density at radius 3 is 2.71 bits per heavy atom. The van der Waals surface area contributed by atoms with Crippen LogP contribution in [0.3, 0.4) is 0 Å². The second-order valence-corrected chi connectivity index (χ2v) is 6.27. The number of carbonyl (C=O) groups excluding carboxylic acids is 1. The molecule has 0 spiro atoms. The number of aliphatic hydroxyl groups excluding tert-OH is 1. The van der Waals surface area contributed by atoms with E-state index in [2.05, 4.69) is 5.32 Å². The number of nitrogens with one attached hydrogen (secondary N) is 1. The fraction of sp³-hybridized carbons (Fsp3) is 0.643. The predicted molar refractivity (Wildman–Crippen MR) is 76.4 cm³/mol. The first-order valence-corrected chi connectivity index (χ1v) is 8.01. The Morgan fingerprint density at radius 1 is 1.38 bits per heavy atom. The Hall–Kier alpha value is -1.08. The van der Waals surface area contributed by atoms with E-state index in [4.69, 9.17) is 4.42 Å². The van der Waals surface area contributed by atoms with Gasteiger partial charge in [0.2, 0.25) is 0 Å². The van der Waals surface area contributed by atoms with Gasteiger partial charge in [0.05, 0.1) is 17.9 Å². The smallest absolute Gasteiger partial charge is 0.287 e. The van der Waals surface area contributed by atoms with Crippen molar-refractivity contribution in [2.24, 2.45) is 0 Å². The molecule has 1 aromatic heterocycles. The summed E-state index contributed by atoms with van der Waals surface area (Å²) < 4.78 is 29.5. The van der Waals surface area contributed by atoms with E-state index in [9.17, 15) is 18.7 Å². The van der Waals surface area contributed by atoms with E-state index in [0.29, 0.717) is 17.5 Å². The van der Waals surface area contributed by atoms with Crippen molar-refractivity contribution in [3.8, 4) is 0 Å². The molecular weight excluding hydrogens is 300 g/mol. The number of halogens is 2. The average Bonchev–Trinajstić information content (AvgIpc) is 2.95. The maximum Gasteiger partial charge on any atom is 0.287 e. The van der Waals surface area contributed by atoms with Crippen LogP contribution >= 0.6 is 11.8 Å². The summed E-state index contributed by atoms with van der Waals surface area (Å²) in [5, 5.41) is 12.4. The number of furan rings is 1. The molecule has 21 heavy (non-hydrogen) atoms. The van der Waals surface area contributed by atoms with Gasteiger partial charge >= 0.3 is 0 Å². The summed E-state index contributed by atoms with van der Waals surface area (Å²) in [5.41, 5.74) is -0.583. The zero-order valence-corrected chi connectivity index (χ0v) is 12.4. The number of carbonyl (C=O) groups is 1. The van der Waals surface area contributed by atoms with Crippen molar-refractivity contribution in [1.29, 1.82) is 0 Å². The van der Waals surface area contributed by atoms with Crippen molar-refractivity contribution in [3.05, 3.63) is 23.7 Å². The van der Waals surface area contributed by atoms with Crippen LogP contribution in [0.5, 0.6) is 0 Å². The summed E-state index contributed by atoms with van der Waals surface area (Å²) in [6.07, 6.45) is 4.52. The Kier molecular flexibility index (Phi) is 5.64. The monoisotopic (exact) mass is 319 g/mol. The molecule has 1 heterocycles. The van der Waals surface area contributed by atoms with Gasteiger partial charge in [-0.3, -0.25) is 4.79 Å². The maximum absolute atomic E-state index is 12.2. The van der Waals surface area contributed by atoms with Gasteiger partial charge in [0, 0.05) is 0 Å². The molecule has 2 rings (SSSR count). The third-order valence-electron chi connectivity index (χ3n) is 3.73. The summed E-state index contributed by atoms with van der Waals surface area (Å²) in [7, 11) is 0. The molecule has 1 aromatic rings. The van der Waals surface area contributed by atoms with Gasteiger partial charge in [0.1, 0.15) is 5.76 Å². The highest BCUT2D eigenvalue weighted by Gasteiger charge is 2.33. The van der Waals surface area contributed by atoms with E-state index >= 15 is 0 Å². The van der Waals surface area contributed by atoms with Crippen molar-refractivity contribution < 1.29 is 23.1 Å². The van der Waals surface area contributed by atoms with E-state index in [1.807, 2.05) is 0 Å². The summed E-state index contributed by atoms with van der Waals surface area (Å²) in [5.74, 6) is -2.41. The molecule has 1 fully saturated rings. The summed E-state index contributed by atoms with van der Waals surface area (Å²) in [4.78, 5) is 12.2. The molecule has 1 aliphatic rings. The Balaban J connectivity index is 1.96. The van der Waals surface area contributed by atoms with Crippen LogP contribution in [-0.4, -0.2) is 28.9 Å². The lowest BCUT2D eigenvalue weighted by molar-refractivity contribution is 0.0732. The largest absolute Gasteiger partial charge is 0.455 e. The molecule has 7 heteroatoms. The van der Waals surface area contributed by atoms with E-state index in [0.717, 1.165) is 32.1 Å². The van der Waals surface area contributed by atoms with Gasteiger partial charge in [0.15, 0.2) is 5.76 Å². The topological polar surface area (TPSA) is 62.5 Å². The quantitative estimate of drug-likeness (QED) is 0.845. The minimum atomic E-state index is -2.47. The van der Waals surface area contributed by atoms with Crippen molar-refractivity contribution in [2.45, 2.75) is 49.2 Å². The van der Waals surface area contributed by atoms with Crippen molar-refractivity contribution in [3.63, 3.8) is 0 Å². The highest BCUT2D eigenvalue weighted by atomic mass is 32.2. The summed E-state index contributed by atoms with van der Waals surface area (Å²) in [6.45, 7) is -0.104. The standard InChI is InChI=1S/C14H19F2NO3S/c15-13(16)21-8-10-4-5-11(20-10)12(19)17-14(9-18)6-2-1-3-7-14/h4-5,13,18H,1-3,6-9H2,(H,17,19). The van der Waals surface area contributed by atoms with E-state index in [-0.39, 0.29) is 18.1 Å². The van der Waals surface area contributed by atoms with Gasteiger partial charge < -0.3 is 14.8 Å². The fourth-order valence-electron chi connectivity index (χ4n) is 2.58. The molecule has 0 radical (unpaired) electrons. The Bertz CT molecular complexity index is 473. The van der Waals surface area contributed by atoms with E-state index in [1.165, 1.54) is 12.1 Å². The third-order valence-corrected chi connectivity index (χ3v) is 4.43.